The Hall–Kier alpha value is -0.900. The van der Waals surface area contributed by atoms with E-state index in [0.717, 1.165) is 13.1 Å². The fraction of sp³-hybridized carbons (Fsp3) is 0.647. The first-order chi connectivity index (χ1) is 9.75. The molecule has 0 aromatic heterocycles. The van der Waals surface area contributed by atoms with Crippen LogP contribution in [0, 0.1) is 0 Å². The van der Waals surface area contributed by atoms with Gasteiger partial charge in [0.15, 0.2) is 0 Å². The summed E-state index contributed by atoms with van der Waals surface area (Å²) in [5.41, 5.74) is 3.04. The summed E-state index contributed by atoms with van der Waals surface area (Å²) >= 11 is 0. The smallest absolute Gasteiger partial charge is 0.0366 e. The first-order valence-corrected chi connectivity index (χ1v) is 7.98. The highest BCUT2D eigenvalue weighted by atomic mass is 15.2. The maximum absolute atomic E-state index is 3.57. The van der Waals surface area contributed by atoms with Gasteiger partial charge < -0.3 is 10.2 Å². The molecule has 1 aromatic rings. The number of rotatable bonds is 1. The van der Waals surface area contributed by atoms with E-state index in [4.69, 9.17) is 0 Å². The summed E-state index contributed by atoms with van der Waals surface area (Å²) in [4.78, 5) is 5.22. The zero-order valence-electron chi connectivity index (χ0n) is 12.8. The zero-order valence-corrected chi connectivity index (χ0v) is 12.8. The molecule has 2 atom stereocenters. The third-order valence-electron chi connectivity index (χ3n) is 4.82. The highest BCUT2D eigenvalue weighted by molar-refractivity contribution is 5.31. The Morgan fingerprint density at radius 2 is 2.05 bits per heavy atom. The molecule has 20 heavy (non-hydrogen) atoms. The molecule has 2 heterocycles. The molecule has 0 saturated carbocycles. The Morgan fingerprint density at radius 3 is 2.95 bits per heavy atom. The fourth-order valence-corrected chi connectivity index (χ4v) is 3.84. The molecule has 1 saturated heterocycles. The lowest BCUT2D eigenvalue weighted by Crippen LogP contribution is -2.40. The quantitative estimate of drug-likeness (QED) is 0.846. The van der Waals surface area contributed by atoms with Crippen molar-refractivity contribution >= 4 is 0 Å². The Morgan fingerprint density at radius 1 is 1.20 bits per heavy atom. The molecule has 3 nitrogen and oxygen atoms in total. The van der Waals surface area contributed by atoms with Crippen molar-refractivity contribution in [3.05, 3.63) is 35.4 Å². The first-order valence-electron chi connectivity index (χ1n) is 7.98. The minimum atomic E-state index is 0.586. The number of hydrogen-bond acceptors (Lipinski definition) is 3. The van der Waals surface area contributed by atoms with Crippen LogP contribution in [-0.2, 0) is 6.54 Å². The van der Waals surface area contributed by atoms with Gasteiger partial charge in [0.05, 0.1) is 0 Å². The van der Waals surface area contributed by atoms with Crippen molar-refractivity contribution in [3.8, 4) is 0 Å². The molecule has 0 spiro atoms. The van der Waals surface area contributed by atoms with E-state index in [1.165, 1.54) is 38.0 Å². The summed E-state index contributed by atoms with van der Waals surface area (Å²) < 4.78 is 0. The van der Waals surface area contributed by atoms with Crippen LogP contribution in [0.2, 0.25) is 0 Å². The van der Waals surface area contributed by atoms with Crippen molar-refractivity contribution in [1.29, 1.82) is 0 Å². The predicted octanol–water partition coefficient (Wildman–Crippen LogP) is 2.25. The molecular formula is C17H27N3. The van der Waals surface area contributed by atoms with Crippen molar-refractivity contribution in [2.75, 3.05) is 33.2 Å². The molecule has 0 amide bonds. The second-order valence-electron chi connectivity index (χ2n) is 6.38. The standard InChI is InChI=1S/C17H27N3/c1-14-13-19(2)10-5-11-20(14)17-8-9-18-12-15-6-3-4-7-16(15)17/h3-4,6-7,14,17-18H,5,8-13H2,1-2H3. The Labute approximate surface area is 123 Å². The van der Waals surface area contributed by atoms with Crippen molar-refractivity contribution in [3.63, 3.8) is 0 Å². The number of fused-ring (bicyclic) bond motifs is 1. The van der Waals surface area contributed by atoms with Crippen molar-refractivity contribution in [1.82, 2.24) is 15.1 Å². The Bertz CT molecular complexity index is 446. The van der Waals surface area contributed by atoms with E-state index in [9.17, 15) is 0 Å². The van der Waals surface area contributed by atoms with Crippen LogP contribution in [0.15, 0.2) is 24.3 Å². The SMILES string of the molecule is CC1CN(C)CCCN1C1CCNCc2ccccc21. The minimum Gasteiger partial charge on any atom is -0.313 e. The molecular weight excluding hydrogens is 246 g/mol. The van der Waals surface area contributed by atoms with Gasteiger partial charge in [0.2, 0.25) is 0 Å². The van der Waals surface area contributed by atoms with Gasteiger partial charge >= 0.3 is 0 Å². The molecule has 3 rings (SSSR count). The lowest BCUT2D eigenvalue weighted by molar-refractivity contribution is 0.137. The van der Waals surface area contributed by atoms with Crippen LogP contribution in [0.5, 0.6) is 0 Å². The van der Waals surface area contributed by atoms with Crippen LogP contribution in [0.4, 0.5) is 0 Å². The third-order valence-corrected chi connectivity index (χ3v) is 4.82. The van der Waals surface area contributed by atoms with Crippen LogP contribution < -0.4 is 5.32 Å². The average Bonchev–Trinajstić information content (AvgIpc) is 2.74. The zero-order chi connectivity index (χ0) is 13.9. The third kappa shape index (κ3) is 2.90. The monoisotopic (exact) mass is 273 g/mol. The largest absolute Gasteiger partial charge is 0.313 e. The van der Waals surface area contributed by atoms with Crippen molar-refractivity contribution in [2.24, 2.45) is 0 Å². The van der Waals surface area contributed by atoms with Crippen LogP contribution in [0.25, 0.3) is 0 Å². The van der Waals surface area contributed by atoms with E-state index >= 15 is 0 Å². The van der Waals surface area contributed by atoms with Gasteiger partial charge in [0, 0.05) is 31.7 Å². The first kappa shape index (κ1) is 14.1. The second-order valence-corrected chi connectivity index (χ2v) is 6.38. The topological polar surface area (TPSA) is 18.5 Å². The minimum absolute atomic E-state index is 0.586. The number of likely N-dealkylation sites (N-methyl/N-ethyl adjacent to an activating group) is 1. The summed E-state index contributed by atoms with van der Waals surface area (Å²) in [6.45, 7) is 8.18. The summed E-state index contributed by atoms with van der Waals surface area (Å²) in [6.07, 6.45) is 2.51. The second kappa shape index (κ2) is 6.25. The van der Waals surface area contributed by atoms with E-state index in [2.05, 4.69) is 53.4 Å². The molecule has 0 aliphatic carbocycles. The van der Waals surface area contributed by atoms with Crippen LogP contribution in [0.3, 0.4) is 0 Å². The van der Waals surface area contributed by atoms with Gasteiger partial charge in [-0.15, -0.1) is 0 Å². The molecule has 2 aliphatic heterocycles. The fourth-order valence-electron chi connectivity index (χ4n) is 3.84. The van der Waals surface area contributed by atoms with Gasteiger partial charge in [-0.05, 0) is 51.0 Å². The average molecular weight is 273 g/mol. The number of nitrogens with one attached hydrogen (secondary N) is 1. The predicted molar refractivity (Wildman–Crippen MR) is 83.8 cm³/mol. The van der Waals surface area contributed by atoms with E-state index in [1.54, 1.807) is 5.56 Å². The molecule has 2 aliphatic rings. The molecule has 110 valence electrons. The molecule has 3 heteroatoms. The lowest BCUT2D eigenvalue weighted by Gasteiger charge is -2.36. The summed E-state index contributed by atoms with van der Waals surface area (Å²) in [5.74, 6) is 0. The van der Waals surface area contributed by atoms with Crippen LogP contribution in [-0.4, -0.2) is 49.1 Å². The molecule has 1 aromatic carbocycles. The number of benzene rings is 1. The van der Waals surface area contributed by atoms with Gasteiger partial charge in [-0.3, -0.25) is 4.90 Å². The number of hydrogen-bond donors (Lipinski definition) is 1. The maximum Gasteiger partial charge on any atom is 0.0366 e. The van der Waals surface area contributed by atoms with Crippen LogP contribution >= 0.6 is 0 Å². The van der Waals surface area contributed by atoms with Gasteiger partial charge in [-0.25, -0.2) is 0 Å². The van der Waals surface area contributed by atoms with E-state index in [-0.39, 0.29) is 0 Å². The van der Waals surface area contributed by atoms with Gasteiger partial charge in [-0.1, -0.05) is 24.3 Å². The highest BCUT2D eigenvalue weighted by Gasteiger charge is 2.29. The summed E-state index contributed by atoms with van der Waals surface area (Å²) in [7, 11) is 2.25. The molecule has 1 fully saturated rings. The maximum atomic E-state index is 3.57. The van der Waals surface area contributed by atoms with E-state index in [0.29, 0.717) is 12.1 Å². The molecule has 0 bridgehead atoms. The molecule has 2 unspecified atom stereocenters. The van der Waals surface area contributed by atoms with E-state index < -0.39 is 0 Å². The van der Waals surface area contributed by atoms with E-state index in [1.807, 2.05) is 0 Å². The van der Waals surface area contributed by atoms with Gasteiger partial charge in [0.25, 0.3) is 0 Å². The highest BCUT2D eigenvalue weighted by Crippen LogP contribution is 2.31. The normalized spacial score (nSPS) is 29.5. The number of nitrogens with zero attached hydrogens (tertiary/aromatic N) is 2. The van der Waals surface area contributed by atoms with Crippen LogP contribution in [0.1, 0.15) is 36.9 Å². The van der Waals surface area contributed by atoms with Gasteiger partial charge in [-0.2, -0.15) is 0 Å². The van der Waals surface area contributed by atoms with Gasteiger partial charge in [0.1, 0.15) is 0 Å². The molecule has 0 radical (unpaired) electrons. The Kier molecular flexibility index (Phi) is 4.39. The summed E-state index contributed by atoms with van der Waals surface area (Å²) in [5, 5.41) is 3.57. The van der Waals surface area contributed by atoms with Crippen molar-refractivity contribution in [2.45, 2.75) is 38.4 Å². The Balaban J connectivity index is 1.88. The molecule has 1 N–H and O–H groups in total. The van der Waals surface area contributed by atoms with Crippen molar-refractivity contribution < 1.29 is 0 Å². The summed E-state index contributed by atoms with van der Waals surface area (Å²) in [6, 6.07) is 10.2. The lowest BCUT2D eigenvalue weighted by atomic mass is 9.96.